The Morgan fingerprint density at radius 2 is 2.11 bits per heavy atom. The van der Waals surface area contributed by atoms with Crippen molar-refractivity contribution in [1.82, 2.24) is 9.55 Å². The molecule has 1 aromatic heterocycles. The lowest BCUT2D eigenvalue weighted by Gasteiger charge is -2.24. The van der Waals surface area contributed by atoms with Crippen LogP contribution in [0.4, 0.5) is 0 Å². The van der Waals surface area contributed by atoms with Gasteiger partial charge in [0.05, 0.1) is 11.0 Å². The van der Waals surface area contributed by atoms with E-state index in [1.165, 1.54) is 0 Å². The van der Waals surface area contributed by atoms with E-state index in [2.05, 4.69) is 20.6 Å². The van der Waals surface area contributed by atoms with Crippen LogP contribution in [0.1, 0.15) is 37.1 Å². The highest BCUT2D eigenvalue weighted by Gasteiger charge is 2.37. The molecular weight excluding hydrogens is 238 g/mol. The van der Waals surface area contributed by atoms with Crippen LogP contribution in [-0.2, 0) is 17.4 Å². The van der Waals surface area contributed by atoms with Crippen molar-refractivity contribution in [3.05, 3.63) is 29.6 Å². The second-order valence-corrected chi connectivity index (χ2v) is 5.33. The number of rotatable bonds is 2. The fraction of sp³-hybridized carbons (Fsp3) is 0.467. The monoisotopic (exact) mass is 255 g/mol. The van der Waals surface area contributed by atoms with Crippen molar-refractivity contribution >= 4 is 17.1 Å². The molecule has 1 aliphatic carbocycles. The van der Waals surface area contributed by atoms with E-state index in [1.54, 1.807) is 6.08 Å². The lowest BCUT2D eigenvalue weighted by Crippen LogP contribution is -2.20. The van der Waals surface area contributed by atoms with Crippen molar-refractivity contribution < 1.29 is 4.79 Å². The first-order valence-electron chi connectivity index (χ1n) is 6.69. The number of isocyanates is 1. The smallest absolute Gasteiger partial charge is 0.235 e. The van der Waals surface area contributed by atoms with Crippen molar-refractivity contribution in [2.24, 2.45) is 12.0 Å². The van der Waals surface area contributed by atoms with E-state index in [0.29, 0.717) is 0 Å². The lowest BCUT2D eigenvalue weighted by atomic mass is 9.88. The number of benzene rings is 1. The van der Waals surface area contributed by atoms with E-state index in [0.717, 1.165) is 48.1 Å². The minimum atomic E-state index is -0.387. The van der Waals surface area contributed by atoms with Gasteiger partial charge in [-0.1, -0.05) is 25.0 Å². The minimum Gasteiger partial charge on any atom is -0.331 e. The summed E-state index contributed by atoms with van der Waals surface area (Å²) in [5.74, 6) is 0.977. The predicted molar refractivity (Wildman–Crippen MR) is 73.7 cm³/mol. The van der Waals surface area contributed by atoms with Crippen LogP contribution in [0.15, 0.2) is 23.2 Å². The Balaban J connectivity index is 2.32. The van der Waals surface area contributed by atoms with Gasteiger partial charge in [0.15, 0.2) is 0 Å². The number of imidazole rings is 1. The second-order valence-electron chi connectivity index (χ2n) is 5.33. The molecule has 4 heteroatoms. The Kier molecular flexibility index (Phi) is 2.76. The highest BCUT2D eigenvalue weighted by atomic mass is 16.1. The summed E-state index contributed by atoms with van der Waals surface area (Å²) in [5.41, 5.74) is 2.81. The third-order valence-corrected chi connectivity index (χ3v) is 4.31. The van der Waals surface area contributed by atoms with E-state index in [-0.39, 0.29) is 5.54 Å². The van der Waals surface area contributed by atoms with Gasteiger partial charge in [-0.05, 0) is 25.8 Å². The first kappa shape index (κ1) is 12.1. The zero-order valence-electron chi connectivity index (χ0n) is 11.3. The molecule has 0 radical (unpaired) electrons. The van der Waals surface area contributed by atoms with Crippen molar-refractivity contribution in [1.29, 1.82) is 0 Å². The molecule has 0 spiro atoms. The average molecular weight is 255 g/mol. The summed E-state index contributed by atoms with van der Waals surface area (Å²) in [7, 11) is 2.02. The van der Waals surface area contributed by atoms with Crippen molar-refractivity contribution in [3.8, 4) is 0 Å². The first-order chi connectivity index (χ1) is 9.18. The van der Waals surface area contributed by atoms with Gasteiger partial charge in [-0.25, -0.2) is 9.78 Å². The van der Waals surface area contributed by atoms with Gasteiger partial charge in [0, 0.05) is 12.6 Å². The van der Waals surface area contributed by atoms with Gasteiger partial charge in [-0.15, -0.1) is 0 Å². The van der Waals surface area contributed by atoms with E-state index in [4.69, 9.17) is 0 Å². The van der Waals surface area contributed by atoms with Gasteiger partial charge in [-0.2, -0.15) is 4.99 Å². The van der Waals surface area contributed by atoms with Gasteiger partial charge in [-0.3, -0.25) is 0 Å². The zero-order valence-corrected chi connectivity index (χ0v) is 11.3. The Labute approximate surface area is 112 Å². The number of aliphatic imine (C=N–C) groups is 1. The third kappa shape index (κ3) is 1.71. The minimum absolute atomic E-state index is 0.387. The van der Waals surface area contributed by atoms with E-state index >= 15 is 0 Å². The fourth-order valence-corrected chi connectivity index (χ4v) is 3.25. The van der Waals surface area contributed by atoms with Gasteiger partial charge in [0.25, 0.3) is 0 Å². The summed E-state index contributed by atoms with van der Waals surface area (Å²) in [6, 6.07) is 6.10. The summed E-state index contributed by atoms with van der Waals surface area (Å²) in [5, 5.41) is 0. The maximum atomic E-state index is 10.9. The fourth-order valence-electron chi connectivity index (χ4n) is 3.25. The number of hydrogen-bond acceptors (Lipinski definition) is 3. The molecule has 1 aromatic carbocycles. The molecule has 0 unspecified atom stereocenters. The first-order valence-corrected chi connectivity index (χ1v) is 6.69. The number of fused-ring (bicyclic) bond motifs is 1. The van der Waals surface area contributed by atoms with Crippen LogP contribution in [0.25, 0.3) is 11.0 Å². The number of para-hydroxylation sites is 1. The number of hydrogen-bond donors (Lipinski definition) is 0. The quantitative estimate of drug-likeness (QED) is 0.611. The van der Waals surface area contributed by atoms with Crippen LogP contribution in [0, 0.1) is 6.92 Å². The molecule has 1 saturated carbocycles. The Morgan fingerprint density at radius 1 is 1.37 bits per heavy atom. The molecule has 0 saturated heterocycles. The van der Waals surface area contributed by atoms with Gasteiger partial charge in [0.2, 0.25) is 6.08 Å². The standard InChI is InChI=1S/C15H17N3O/c1-11-17-13-7-5-6-12(14(13)18(11)2)15(16-10-19)8-3-4-9-15/h5-7H,3-4,8-9H2,1-2H3. The Bertz CT molecular complexity index is 674. The molecule has 0 bridgehead atoms. The van der Waals surface area contributed by atoms with Crippen molar-refractivity contribution in [2.75, 3.05) is 0 Å². The maximum Gasteiger partial charge on any atom is 0.235 e. The molecule has 1 aliphatic rings. The predicted octanol–water partition coefficient (Wildman–Crippen LogP) is 2.99. The molecule has 19 heavy (non-hydrogen) atoms. The van der Waals surface area contributed by atoms with Crippen molar-refractivity contribution in [3.63, 3.8) is 0 Å². The van der Waals surface area contributed by atoms with E-state index < -0.39 is 0 Å². The topological polar surface area (TPSA) is 47.2 Å². The highest BCUT2D eigenvalue weighted by Crippen LogP contribution is 2.44. The molecule has 1 heterocycles. The summed E-state index contributed by atoms with van der Waals surface area (Å²) in [6.07, 6.45) is 5.85. The van der Waals surface area contributed by atoms with Crippen LogP contribution in [0.3, 0.4) is 0 Å². The van der Waals surface area contributed by atoms with Crippen LogP contribution >= 0.6 is 0 Å². The van der Waals surface area contributed by atoms with E-state index in [9.17, 15) is 4.79 Å². The normalized spacial score (nSPS) is 17.6. The summed E-state index contributed by atoms with van der Waals surface area (Å²) in [6.45, 7) is 1.99. The second kappa shape index (κ2) is 4.32. The van der Waals surface area contributed by atoms with Gasteiger partial charge in [0.1, 0.15) is 11.4 Å². The lowest BCUT2D eigenvalue weighted by molar-refractivity contribution is 0.458. The third-order valence-electron chi connectivity index (χ3n) is 4.31. The maximum absolute atomic E-state index is 10.9. The average Bonchev–Trinajstić information content (AvgIpc) is 2.97. The molecular formula is C15H17N3O. The molecule has 3 rings (SSSR count). The largest absolute Gasteiger partial charge is 0.331 e. The molecule has 0 atom stereocenters. The molecule has 0 amide bonds. The van der Waals surface area contributed by atoms with Crippen LogP contribution in [0.2, 0.25) is 0 Å². The molecule has 0 N–H and O–H groups in total. The number of carbonyl (C=O) groups excluding carboxylic acids is 1. The van der Waals surface area contributed by atoms with Gasteiger partial charge < -0.3 is 4.57 Å². The highest BCUT2D eigenvalue weighted by molar-refractivity contribution is 5.81. The summed E-state index contributed by atoms with van der Waals surface area (Å²) >= 11 is 0. The van der Waals surface area contributed by atoms with Crippen LogP contribution < -0.4 is 0 Å². The molecule has 98 valence electrons. The molecule has 1 fully saturated rings. The molecule has 2 aromatic rings. The van der Waals surface area contributed by atoms with Gasteiger partial charge >= 0.3 is 0 Å². The number of nitrogens with zero attached hydrogens (tertiary/aromatic N) is 3. The summed E-state index contributed by atoms with van der Waals surface area (Å²) in [4.78, 5) is 19.6. The number of aryl methyl sites for hydroxylation is 2. The van der Waals surface area contributed by atoms with Crippen LogP contribution in [0.5, 0.6) is 0 Å². The van der Waals surface area contributed by atoms with Crippen molar-refractivity contribution in [2.45, 2.75) is 38.1 Å². The van der Waals surface area contributed by atoms with Crippen LogP contribution in [-0.4, -0.2) is 15.6 Å². The molecule has 4 nitrogen and oxygen atoms in total. The number of aromatic nitrogens is 2. The molecule has 0 aliphatic heterocycles. The Hall–Kier alpha value is -1.93. The summed E-state index contributed by atoms with van der Waals surface area (Å²) < 4.78 is 2.09. The SMILES string of the molecule is Cc1nc2cccc(C3(N=C=O)CCCC3)c2n1C. The Morgan fingerprint density at radius 3 is 2.79 bits per heavy atom. The van der Waals surface area contributed by atoms with E-state index in [1.807, 2.05) is 26.1 Å². The zero-order chi connectivity index (χ0) is 13.5.